The molecule has 0 saturated carbocycles. The van der Waals surface area contributed by atoms with E-state index in [9.17, 15) is 0 Å². The van der Waals surface area contributed by atoms with E-state index in [2.05, 4.69) is 195 Å². The van der Waals surface area contributed by atoms with Gasteiger partial charge in [0.1, 0.15) is 0 Å². The molecule has 0 bridgehead atoms. The van der Waals surface area contributed by atoms with Crippen LogP contribution in [0.3, 0.4) is 0 Å². The minimum absolute atomic E-state index is 0.104. The second kappa shape index (κ2) is 12.8. The van der Waals surface area contributed by atoms with Crippen molar-refractivity contribution in [1.29, 1.82) is 0 Å². The second-order valence-electron chi connectivity index (χ2n) is 22.0. The van der Waals surface area contributed by atoms with E-state index >= 15 is 0 Å². The summed E-state index contributed by atoms with van der Waals surface area (Å²) >= 11 is 0. The fourth-order valence-electron chi connectivity index (χ4n) is 13.4. The van der Waals surface area contributed by atoms with E-state index < -0.39 is 8.07 Å². The first-order chi connectivity index (χ1) is 30.7. The fourth-order valence-corrected chi connectivity index (χ4v) is 19.0. The normalized spacial score (nSPS) is 14.9. The van der Waals surface area contributed by atoms with Gasteiger partial charge in [-0.15, -0.1) is 0 Å². The number of aromatic nitrogens is 2. The van der Waals surface area contributed by atoms with E-state index in [4.69, 9.17) is 0 Å². The first-order valence-corrected chi connectivity index (χ1v) is 26.5. The molecule has 0 fully saturated rings. The molecule has 4 aliphatic heterocycles. The molecule has 316 valence electrons. The van der Waals surface area contributed by atoms with Gasteiger partial charge < -0.3 is 9.13 Å². The van der Waals surface area contributed by atoms with Gasteiger partial charge in [-0.3, -0.25) is 0 Å². The van der Waals surface area contributed by atoms with E-state index in [1.54, 1.807) is 20.7 Å². The Bertz CT molecular complexity index is 3530. The van der Waals surface area contributed by atoms with Gasteiger partial charge in [0.15, 0.2) is 8.07 Å². The van der Waals surface area contributed by atoms with Gasteiger partial charge >= 0.3 is 0 Å². The lowest BCUT2D eigenvalue weighted by Gasteiger charge is -2.43. The first-order valence-electron chi connectivity index (χ1n) is 24.5. The predicted molar refractivity (Wildman–Crippen MR) is 280 cm³/mol. The Labute approximate surface area is 380 Å². The average Bonchev–Trinajstić information content (AvgIpc) is 3.90. The molecule has 6 heterocycles. The van der Waals surface area contributed by atoms with Crippen LogP contribution in [0.25, 0.3) is 66.1 Å². The van der Waals surface area contributed by atoms with Crippen molar-refractivity contribution in [3.05, 3.63) is 137 Å². The molecule has 1 spiro atoms. The van der Waals surface area contributed by atoms with Crippen LogP contribution in [0.15, 0.2) is 103 Å². The summed E-state index contributed by atoms with van der Waals surface area (Å²) in [5, 5.41) is 12.1. The van der Waals surface area contributed by atoms with Gasteiger partial charge in [0.2, 0.25) is 0 Å². The molecule has 7 aromatic carbocycles. The lowest BCUT2D eigenvalue weighted by atomic mass is 9.34. The fraction of sp³-hybridized carbons (Fsp3) is 0.300. The van der Waals surface area contributed by atoms with Crippen molar-refractivity contribution in [3.8, 4) is 22.5 Å². The predicted octanol–water partition coefficient (Wildman–Crippen LogP) is 11.4. The van der Waals surface area contributed by atoms with Crippen LogP contribution >= 0.6 is 0 Å². The Kier molecular flexibility index (Phi) is 7.78. The summed E-state index contributed by atoms with van der Waals surface area (Å²) in [6.45, 7) is 28.7. The summed E-state index contributed by atoms with van der Waals surface area (Å²) in [6.07, 6.45) is 0. The molecule has 9 aromatic rings. The maximum absolute atomic E-state index is 2.98. The van der Waals surface area contributed by atoms with Crippen molar-refractivity contribution >= 4 is 95.5 Å². The monoisotopic (exact) mass is 846 g/mol. The molecule has 4 aliphatic rings. The highest BCUT2D eigenvalue weighted by Gasteiger charge is 2.56. The van der Waals surface area contributed by atoms with E-state index in [1.807, 2.05) is 0 Å². The highest BCUT2D eigenvalue weighted by atomic mass is 28.3. The third kappa shape index (κ3) is 4.49. The molecule has 0 radical (unpaired) electrons. The highest BCUT2D eigenvalue weighted by molar-refractivity contribution is 7.24. The molecule has 13 rings (SSSR count). The van der Waals surface area contributed by atoms with E-state index in [0.29, 0.717) is 35.5 Å². The quantitative estimate of drug-likeness (QED) is 0.148. The topological polar surface area (TPSA) is 9.86 Å². The zero-order valence-electron chi connectivity index (χ0n) is 39.8. The molecule has 0 aliphatic carbocycles. The van der Waals surface area contributed by atoms with Crippen LogP contribution in [-0.4, -0.2) is 23.9 Å². The van der Waals surface area contributed by atoms with Gasteiger partial charge in [-0.2, -0.15) is 0 Å². The van der Waals surface area contributed by atoms with Gasteiger partial charge in [-0.25, -0.2) is 0 Å². The van der Waals surface area contributed by atoms with Gasteiger partial charge in [0.25, 0.3) is 6.71 Å². The van der Waals surface area contributed by atoms with Crippen LogP contribution in [0.4, 0.5) is 0 Å². The number of fused-ring (bicyclic) bond motifs is 14. The van der Waals surface area contributed by atoms with E-state index in [1.165, 1.54) is 116 Å². The summed E-state index contributed by atoms with van der Waals surface area (Å²) in [5.41, 5.74) is 24.5. The van der Waals surface area contributed by atoms with Crippen LogP contribution in [0.5, 0.6) is 0 Å². The van der Waals surface area contributed by atoms with Crippen LogP contribution in [0, 0.1) is 0 Å². The number of hydrogen-bond acceptors (Lipinski definition) is 0. The van der Waals surface area contributed by atoms with Gasteiger partial charge in [0, 0.05) is 44.0 Å². The van der Waals surface area contributed by atoms with Crippen LogP contribution in [0.1, 0.15) is 152 Å². The van der Waals surface area contributed by atoms with Crippen molar-refractivity contribution in [1.82, 2.24) is 9.13 Å². The van der Waals surface area contributed by atoms with Gasteiger partial charge in [-0.05, 0) is 141 Å². The third-order valence-corrected chi connectivity index (χ3v) is 21.4. The summed E-state index contributed by atoms with van der Waals surface area (Å²) in [4.78, 5) is 0. The Morgan fingerprint density at radius 1 is 0.422 bits per heavy atom. The van der Waals surface area contributed by atoms with Gasteiger partial charge in [-0.1, -0.05) is 162 Å². The maximum Gasteiger partial charge on any atom is 0.252 e. The molecule has 0 saturated heterocycles. The molecule has 64 heavy (non-hydrogen) atoms. The van der Waals surface area contributed by atoms with E-state index in [0.717, 1.165) is 0 Å². The van der Waals surface area contributed by atoms with Crippen LogP contribution in [0.2, 0.25) is 0 Å². The highest BCUT2D eigenvalue weighted by Crippen LogP contribution is 2.46. The van der Waals surface area contributed by atoms with Crippen LogP contribution < -0.4 is 37.1 Å². The Balaban J connectivity index is 1.31. The largest absolute Gasteiger partial charge is 0.310 e. The van der Waals surface area contributed by atoms with Crippen molar-refractivity contribution in [2.75, 3.05) is 0 Å². The molecular formula is C60H59BN2Si. The van der Waals surface area contributed by atoms with E-state index in [-0.39, 0.29) is 6.71 Å². The minimum Gasteiger partial charge on any atom is -0.310 e. The average molecular weight is 847 g/mol. The molecular weight excluding hydrogens is 788 g/mol. The molecule has 0 N–H and O–H groups in total. The molecule has 4 heteroatoms. The second-order valence-corrected chi connectivity index (χ2v) is 25.6. The summed E-state index contributed by atoms with van der Waals surface area (Å²) in [5.74, 6) is 2.46. The first kappa shape index (κ1) is 38.8. The van der Waals surface area contributed by atoms with Crippen molar-refractivity contribution in [2.24, 2.45) is 0 Å². The SMILES string of the molecule is CC(C)c1ccc2c(c1)[Si]1(c3cc(C(C)C)ccc3-2)c2ccc3c4c2-n2c5c(cc(C(C)C)cc5c5cc(C(C)C)cc1c52)B4c1ccc(C(C)C)c2c4c(C(C)C)cccc4n-3c12. The molecule has 2 aromatic heterocycles. The van der Waals surface area contributed by atoms with Crippen molar-refractivity contribution in [2.45, 2.75) is 119 Å². The maximum atomic E-state index is 2.83. The van der Waals surface area contributed by atoms with Crippen molar-refractivity contribution < 1.29 is 0 Å². The standard InChI is InChI=1S/C60H59BN2Si/c1-30(2)36-16-18-42-43-19-17-37(31(3)4)28-52(43)64(51(42)27-36)50-23-22-49-56-60(50)63-57-44(45-25-39(33(7)8)29-53(64)58(45)63)24-38(32(5)6)26-47(57)61(56)46-21-20-41(35(11)12)55-54-40(34(9)10)14-13-15-48(54)62(49)59(46)55/h13-35H,1-12H3. The third-order valence-electron chi connectivity index (χ3n) is 16.5. The van der Waals surface area contributed by atoms with Crippen LogP contribution in [-0.2, 0) is 0 Å². The summed E-state index contributed by atoms with van der Waals surface area (Å²) in [6, 6.07) is 43.3. The molecule has 0 amide bonds. The summed E-state index contributed by atoms with van der Waals surface area (Å²) in [7, 11) is -2.98. The number of rotatable bonds is 6. The van der Waals surface area contributed by atoms with Crippen molar-refractivity contribution in [3.63, 3.8) is 0 Å². The lowest BCUT2D eigenvalue weighted by molar-refractivity contribution is 0.868. The number of benzene rings is 7. The number of hydrogen-bond donors (Lipinski definition) is 0. The Morgan fingerprint density at radius 2 is 1.00 bits per heavy atom. The van der Waals surface area contributed by atoms with Gasteiger partial charge in [0.05, 0.1) is 11.0 Å². The zero-order chi connectivity index (χ0) is 44.2. The number of nitrogens with zero attached hydrogens (tertiary/aromatic N) is 2. The molecule has 0 atom stereocenters. The molecule has 2 nitrogen and oxygen atoms in total. The lowest BCUT2D eigenvalue weighted by Crippen LogP contribution is -2.77. The molecule has 0 unspecified atom stereocenters. The smallest absolute Gasteiger partial charge is 0.252 e. The Hall–Kier alpha value is -5.58. The minimum atomic E-state index is -2.98. The Morgan fingerprint density at radius 3 is 1.61 bits per heavy atom. The zero-order valence-corrected chi connectivity index (χ0v) is 40.8. The summed E-state index contributed by atoms with van der Waals surface area (Å²) < 4.78 is 5.56.